The quantitative estimate of drug-likeness (QED) is 0.155. The molecule has 0 aliphatic heterocycles. The Morgan fingerprint density at radius 3 is 1.85 bits per heavy atom. The Labute approximate surface area is 253 Å². The molecule has 0 atom stereocenters. The van der Waals surface area contributed by atoms with Crippen molar-refractivity contribution in [2.24, 2.45) is 5.41 Å². The second-order valence-corrected chi connectivity index (χ2v) is 12.4. The summed E-state index contributed by atoms with van der Waals surface area (Å²) in [6, 6.07) is 0. The van der Waals surface area contributed by atoms with E-state index < -0.39 is 0 Å². The monoisotopic (exact) mass is 552 g/mol. The SMILES string of the molecule is CC(C)=CCC\C(C)=C/C=C\C(C)=C\CC/C(C)=C/C=C/C=C(C)/C=C/C=C(C)/C=C/C1=C(C)C(=O)CCC1(C)C. The molecule has 0 spiro atoms. The molecular formula is C40H56O. The number of rotatable bonds is 14. The van der Waals surface area contributed by atoms with E-state index in [1.807, 2.05) is 6.92 Å². The molecule has 0 saturated heterocycles. The van der Waals surface area contributed by atoms with Gasteiger partial charge >= 0.3 is 0 Å². The van der Waals surface area contributed by atoms with E-state index in [1.165, 1.54) is 39.0 Å². The van der Waals surface area contributed by atoms with E-state index in [1.54, 1.807) is 0 Å². The molecule has 0 unspecified atom stereocenters. The third-order valence-corrected chi connectivity index (χ3v) is 7.45. The standard InChI is InChI=1S/C40H56O/c1-31(2)17-13-20-34(5)23-15-25-35(6)24-14-21-32(3)18-11-12-19-33(4)22-16-26-36(7)27-28-38-37(8)39(41)29-30-40(38,9)10/h11-12,15-19,22-28H,13-14,20-21,29-30H2,1-10H3/b12-11+,22-16+,25-15-,28-27+,32-18+,33-19+,34-23-,35-24+,36-26+. The molecular weight excluding hydrogens is 496 g/mol. The van der Waals surface area contributed by atoms with Crippen molar-refractivity contribution < 1.29 is 4.79 Å². The molecule has 0 fully saturated rings. The lowest BCUT2D eigenvalue weighted by atomic mass is 9.72. The van der Waals surface area contributed by atoms with E-state index in [0.717, 1.165) is 37.7 Å². The molecule has 0 N–H and O–H groups in total. The van der Waals surface area contributed by atoms with E-state index in [0.29, 0.717) is 6.42 Å². The van der Waals surface area contributed by atoms with Gasteiger partial charge in [-0.1, -0.05) is 132 Å². The van der Waals surface area contributed by atoms with Gasteiger partial charge in [-0.15, -0.1) is 0 Å². The van der Waals surface area contributed by atoms with Crippen molar-refractivity contribution in [3.8, 4) is 0 Å². The molecule has 0 saturated carbocycles. The molecule has 0 aromatic rings. The smallest absolute Gasteiger partial charge is 0.158 e. The van der Waals surface area contributed by atoms with Gasteiger partial charge in [0.05, 0.1) is 0 Å². The number of carbonyl (C=O) groups is 1. The van der Waals surface area contributed by atoms with Gasteiger partial charge < -0.3 is 0 Å². The molecule has 1 aliphatic rings. The topological polar surface area (TPSA) is 17.1 Å². The van der Waals surface area contributed by atoms with Crippen molar-refractivity contribution in [1.29, 1.82) is 0 Å². The maximum absolute atomic E-state index is 12.1. The van der Waals surface area contributed by atoms with E-state index in [9.17, 15) is 4.79 Å². The summed E-state index contributed by atoms with van der Waals surface area (Å²) < 4.78 is 0. The second kappa shape index (κ2) is 19.0. The molecule has 1 heteroatoms. The molecule has 0 bridgehead atoms. The Bertz CT molecular complexity index is 1220. The minimum atomic E-state index is 0.0536. The summed E-state index contributed by atoms with van der Waals surface area (Å²) in [5.74, 6) is 0.282. The molecule has 0 amide bonds. The van der Waals surface area contributed by atoms with Crippen LogP contribution in [0.15, 0.2) is 130 Å². The molecule has 0 radical (unpaired) electrons. The summed E-state index contributed by atoms with van der Waals surface area (Å²) in [7, 11) is 0. The van der Waals surface area contributed by atoms with Gasteiger partial charge in [0.15, 0.2) is 5.78 Å². The second-order valence-electron chi connectivity index (χ2n) is 12.4. The number of ketones is 1. The molecule has 0 aromatic carbocycles. The number of hydrogen-bond acceptors (Lipinski definition) is 1. The Kier molecular flexibility index (Phi) is 16.6. The van der Waals surface area contributed by atoms with Crippen LogP contribution in [0.2, 0.25) is 0 Å². The van der Waals surface area contributed by atoms with E-state index >= 15 is 0 Å². The summed E-state index contributed by atoms with van der Waals surface area (Å²) >= 11 is 0. The maximum atomic E-state index is 12.1. The van der Waals surface area contributed by atoms with Gasteiger partial charge in [0.2, 0.25) is 0 Å². The van der Waals surface area contributed by atoms with Gasteiger partial charge in [-0.3, -0.25) is 4.79 Å². The highest BCUT2D eigenvalue weighted by molar-refractivity contribution is 5.97. The van der Waals surface area contributed by atoms with Crippen molar-refractivity contribution >= 4 is 5.78 Å². The maximum Gasteiger partial charge on any atom is 0.158 e. The fourth-order valence-corrected chi connectivity index (χ4v) is 4.58. The van der Waals surface area contributed by atoms with Crippen molar-refractivity contribution in [1.82, 2.24) is 0 Å². The third kappa shape index (κ3) is 16.0. The lowest BCUT2D eigenvalue weighted by Crippen LogP contribution is -2.24. The van der Waals surface area contributed by atoms with Gasteiger partial charge in [-0.2, -0.15) is 0 Å². The van der Waals surface area contributed by atoms with E-state index in [4.69, 9.17) is 0 Å². The highest BCUT2D eigenvalue weighted by Crippen LogP contribution is 2.39. The van der Waals surface area contributed by atoms with Crippen LogP contribution < -0.4 is 0 Å². The van der Waals surface area contributed by atoms with Crippen LogP contribution in [0, 0.1) is 5.41 Å². The minimum Gasteiger partial charge on any atom is -0.295 e. The van der Waals surface area contributed by atoms with Gasteiger partial charge in [0.1, 0.15) is 0 Å². The van der Waals surface area contributed by atoms with Crippen molar-refractivity contribution in [2.45, 2.75) is 108 Å². The number of Topliss-reactive ketones (excluding diaryl/α,β-unsaturated/α-hetero) is 1. The predicted octanol–water partition coefficient (Wildman–Crippen LogP) is 12.2. The van der Waals surface area contributed by atoms with Gasteiger partial charge in [0.25, 0.3) is 0 Å². The summed E-state index contributed by atoms with van der Waals surface area (Å²) in [5, 5.41) is 0. The van der Waals surface area contributed by atoms with Crippen molar-refractivity contribution in [3.63, 3.8) is 0 Å². The van der Waals surface area contributed by atoms with Crippen LogP contribution in [-0.2, 0) is 4.79 Å². The largest absolute Gasteiger partial charge is 0.295 e. The fourth-order valence-electron chi connectivity index (χ4n) is 4.58. The summed E-state index contributed by atoms with van der Waals surface area (Å²) in [5.41, 5.74) is 10.0. The zero-order chi connectivity index (χ0) is 30.8. The van der Waals surface area contributed by atoms with Crippen LogP contribution in [0.1, 0.15) is 108 Å². The first-order chi connectivity index (χ1) is 19.3. The molecule has 0 heterocycles. The molecule has 1 aliphatic carbocycles. The van der Waals surface area contributed by atoms with Crippen LogP contribution in [-0.4, -0.2) is 5.78 Å². The van der Waals surface area contributed by atoms with Crippen LogP contribution in [0.4, 0.5) is 0 Å². The Hall–Kier alpha value is -3.19. The molecule has 222 valence electrons. The van der Waals surface area contributed by atoms with E-state index in [2.05, 4.69) is 147 Å². The number of carbonyl (C=O) groups excluding carboxylic acids is 1. The van der Waals surface area contributed by atoms with Crippen LogP contribution >= 0.6 is 0 Å². The highest BCUT2D eigenvalue weighted by Gasteiger charge is 2.30. The summed E-state index contributed by atoms with van der Waals surface area (Å²) in [6.07, 6.45) is 36.3. The Morgan fingerprint density at radius 1 is 0.683 bits per heavy atom. The van der Waals surface area contributed by atoms with Gasteiger partial charge in [-0.05, 0) is 104 Å². The predicted molar refractivity (Wildman–Crippen MR) is 184 cm³/mol. The van der Waals surface area contributed by atoms with Gasteiger partial charge in [0, 0.05) is 6.42 Å². The first kappa shape index (κ1) is 35.8. The molecule has 1 rings (SSSR count). The van der Waals surface area contributed by atoms with Crippen molar-refractivity contribution in [2.75, 3.05) is 0 Å². The highest BCUT2D eigenvalue weighted by atomic mass is 16.1. The van der Waals surface area contributed by atoms with Crippen LogP contribution in [0.25, 0.3) is 0 Å². The lowest BCUT2D eigenvalue weighted by molar-refractivity contribution is -0.116. The van der Waals surface area contributed by atoms with Crippen LogP contribution in [0.3, 0.4) is 0 Å². The number of hydrogen-bond donors (Lipinski definition) is 0. The average molecular weight is 553 g/mol. The minimum absolute atomic E-state index is 0.0536. The average Bonchev–Trinajstić information content (AvgIpc) is 2.88. The van der Waals surface area contributed by atoms with E-state index in [-0.39, 0.29) is 11.2 Å². The summed E-state index contributed by atoms with van der Waals surface area (Å²) in [4.78, 5) is 12.1. The third-order valence-electron chi connectivity index (χ3n) is 7.45. The van der Waals surface area contributed by atoms with Crippen LogP contribution in [0.5, 0.6) is 0 Å². The van der Waals surface area contributed by atoms with Gasteiger partial charge in [-0.25, -0.2) is 0 Å². The summed E-state index contributed by atoms with van der Waals surface area (Å²) in [6.45, 7) is 21.5. The zero-order valence-corrected chi connectivity index (χ0v) is 27.7. The number of allylic oxidation sites excluding steroid dienone is 22. The molecule has 0 aromatic heterocycles. The fraction of sp³-hybridized carbons (Fsp3) is 0.425. The molecule has 1 nitrogen and oxygen atoms in total. The zero-order valence-electron chi connectivity index (χ0n) is 27.7. The first-order valence-corrected chi connectivity index (χ1v) is 15.2. The van der Waals surface area contributed by atoms with Crippen molar-refractivity contribution in [3.05, 3.63) is 130 Å². The normalized spacial score (nSPS) is 18.2. The first-order valence-electron chi connectivity index (χ1n) is 15.2. The lowest BCUT2D eigenvalue weighted by Gasteiger charge is -2.32. The molecule has 41 heavy (non-hydrogen) atoms. The Morgan fingerprint density at radius 2 is 1.20 bits per heavy atom. The Balaban J connectivity index is 2.54.